The maximum Gasteiger partial charge on any atom is 0.236 e. The van der Waals surface area contributed by atoms with E-state index in [0.29, 0.717) is 18.9 Å². The van der Waals surface area contributed by atoms with Crippen molar-refractivity contribution in [3.05, 3.63) is 0 Å². The maximum absolute atomic E-state index is 11.7. The van der Waals surface area contributed by atoms with Gasteiger partial charge >= 0.3 is 0 Å². The molecule has 0 aromatic heterocycles. The quantitative estimate of drug-likeness (QED) is 0.709. The molecule has 0 aliphatic carbocycles. The van der Waals surface area contributed by atoms with Gasteiger partial charge in [-0.25, -0.2) is 0 Å². The molecule has 0 rings (SSSR count). The van der Waals surface area contributed by atoms with Crippen molar-refractivity contribution in [3.63, 3.8) is 0 Å². The van der Waals surface area contributed by atoms with Gasteiger partial charge in [-0.1, -0.05) is 13.8 Å². The van der Waals surface area contributed by atoms with E-state index in [9.17, 15) is 9.59 Å². The number of nitrogens with zero attached hydrogens (tertiary/aromatic N) is 1. The summed E-state index contributed by atoms with van der Waals surface area (Å²) >= 11 is 0. The highest BCUT2D eigenvalue weighted by Gasteiger charge is 2.21. The van der Waals surface area contributed by atoms with Gasteiger partial charge in [0.05, 0.1) is 6.54 Å². The molecule has 1 amide bonds. The topological polar surface area (TPSA) is 49.4 Å². The second-order valence-corrected chi connectivity index (χ2v) is 4.72. The number of amides is 1. The third-order valence-electron chi connectivity index (χ3n) is 2.54. The summed E-state index contributed by atoms with van der Waals surface area (Å²) in [5, 5.41) is 2.83. The third-order valence-corrected chi connectivity index (χ3v) is 2.54. The van der Waals surface area contributed by atoms with Crippen LogP contribution in [0.3, 0.4) is 0 Å². The summed E-state index contributed by atoms with van der Waals surface area (Å²) in [7, 11) is 3.52. The number of rotatable bonds is 7. The largest absolute Gasteiger partial charge is 0.341 e. The number of nitrogens with one attached hydrogen (secondary N) is 1. The summed E-state index contributed by atoms with van der Waals surface area (Å²) in [6.07, 6.45) is 1.32. The van der Waals surface area contributed by atoms with Crippen LogP contribution in [0.15, 0.2) is 0 Å². The molecule has 0 aromatic rings. The standard InChI is InChI=1S/C12H24N2O2/c1-9(2)6-11(7-10(3)15)14(5)12(16)8-13-4/h9,11,13H,6-8H2,1-5H3. The number of ketones is 1. The molecule has 0 radical (unpaired) electrons. The van der Waals surface area contributed by atoms with Crippen LogP contribution >= 0.6 is 0 Å². The molecule has 16 heavy (non-hydrogen) atoms. The van der Waals surface area contributed by atoms with E-state index in [1.54, 1.807) is 25.9 Å². The van der Waals surface area contributed by atoms with Crippen molar-refractivity contribution in [2.24, 2.45) is 5.92 Å². The fourth-order valence-corrected chi connectivity index (χ4v) is 1.73. The lowest BCUT2D eigenvalue weighted by molar-refractivity contribution is -0.132. The monoisotopic (exact) mass is 228 g/mol. The van der Waals surface area contributed by atoms with Crippen molar-refractivity contribution in [2.75, 3.05) is 20.6 Å². The van der Waals surface area contributed by atoms with Gasteiger partial charge in [0.15, 0.2) is 0 Å². The summed E-state index contributed by atoms with van der Waals surface area (Å²) in [5.74, 6) is 0.651. The minimum Gasteiger partial charge on any atom is -0.341 e. The van der Waals surface area contributed by atoms with Gasteiger partial charge in [-0.05, 0) is 26.3 Å². The fraction of sp³-hybridized carbons (Fsp3) is 0.833. The average molecular weight is 228 g/mol. The summed E-state index contributed by atoms with van der Waals surface area (Å²) < 4.78 is 0. The lowest BCUT2D eigenvalue weighted by atomic mass is 9.98. The van der Waals surface area contributed by atoms with Crippen LogP contribution in [0, 0.1) is 5.92 Å². The first-order valence-electron chi connectivity index (χ1n) is 5.78. The Bertz CT molecular complexity index is 239. The molecule has 0 heterocycles. The van der Waals surface area contributed by atoms with Crippen molar-refractivity contribution >= 4 is 11.7 Å². The molecular formula is C12H24N2O2. The fourth-order valence-electron chi connectivity index (χ4n) is 1.73. The second-order valence-electron chi connectivity index (χ2n) is 4.72. The van der Waals surface area contributed by atoms with E-state index < -0.39 is 0 Å². The molecule has 1 N–H and O–H groups in total. The zero-order valence-corrected chi connectivity index (χ0v) is 11.0. The Hall–Kier alpha value is -0.900. The van der Waals surface area contributed by atoms with Gasteiger partial charge in [0, 0.05) is 19.5 Å². The molecule has 0 aliphatic rings. The van der Waals surface area contributed by atoms with E-state index >= 15 is 0 Å². The molecular weight excluding hydrogens is 204 g/mol. The number of hydrogen-bond acceptors (Lipinski definition) is 3. The lowest BCUT2D eigenvalue weighted by Crippen LogP contribution is -2.42. The van der Waals surface area contributed by atoms with Gasteiger partial charge in [0.2, 0.25) is 5.91 Å². The average Bonchev–Trinajstić information content (AvgIpc) is 2.14. The van der Waals surface area contributed by atoms with Crippen LogP contribution in [-0.4, -0.2) is 43.3 Å². The zero-order chi connectivity index (χ0) is 12.7. The maximum atomic E-state index is 11.7. The van der Waals surface area contributed by atoms with Crippen molar-refractivity contribution in [3.8, 4) is 0 Å². The predicted octanol–water partition coefficient (Wildman–Crippen LogP) is 1.06. The first-order valence-corrected chi connectivity index (χ1v) is 5.78. The van der Waals surface area contributed by atoms with Crippen LogP contribution in [0.1, 0.15) is 33.6 Å². The molecule has 0 aromatic carbocycles. The van der Waals surface area contributed by atoms with Crippen LogP contribution in [0.5, 0.6) is 0 Å². The minimum absolute atomic E-state index is 0.0262. The molecule has 0 bridgehead atoms. The highest BCUT2D eigenvalue weighted by molar-refractivity contribution is 5.80. The van der Waals surface area contributed by atoms with Crippen LogP contribution in [0.25, 0.3) is 0 Å². The second kappa shape index (κ2) is 7.39. The van der Waals surface area contributed by atoms with Crippen molar-refractivity contribution in [1.82, 2.24) is 10.2 Å². The normalized spacial score (nSPS) is 12.6. The summed E-state index contributed by atoms with van der Waals surface area (Å²) in [4.78, 5) is 24.6. The van der Waals surface area contributed by atoms with E-state index in [0.717, 1.165) is 6.42 Å². The molecule has 4 heteroatoms. The minimum atomic E-state index is 0.0262. The summed E-state index contributed by atoms with van der Waals surface area (Å²) in [6, 6.07) is 0.0262. The van der Waals surface area contributed by atoms with Gasteiger partial charge in [-0.3, -0.25) is 9.59 Å². The Balaban J connectivity index is 4.47. The number of hydrogen-bond donors (Lipinski definition) is 1. The van der Waals surface area contributed by atoms with E-state index in [-0.39, 0.29) is 17.7 Å². The van der Waals surface area contributed by atoms with Crippen LogP contribution in [-0.2, 0) is 9.59 Å². The van der Waals surface area contributed by atoms with Gasteiger partial charge in [-0.2, -0.15) is 0 Å². The van der Waals surface area contributed by atoms with E-state index in [1.807, 2.05) is 0 Å². The Morgan fingerprint density at radius 3 is 2.25 bits per heavy atom. The first kappa shape index (κ1) is 15.1. The lowest BCUT2D eigenvalue weighted by Gasteiger charge is -2.29. The zero-order valence-electron chi connectivity index (χ0n) is 11.0. The van der Waals surface area contributed by atoms with Gasteiger partial charge in [0.25, 0.3) is 0 Å². The van der Waals surface area contributed by atoms with Crippen molar-refractivity contribution < 1.29 is 9.59 Å². The van der Waals surface area contributed by atoms with Crippen LogP contribution in [0.4, 0.5) is 0 Å². The number of carbonyl (C=O) groups is 2. The molecule has 0 spiro atoms. The number of Topliss-reactive ketones (excluding diaryl/α,β-unsaturated/α-hetero) is 1. The van der Waals surface area contributed by atoms with E-state index in [1.165, 1.54) is 0 Å². The predicted molar refractivity (Wildman–Crippen MR) is 65.2 cm³/mol. The Labute approximate surface area is 98.4 Å². The summed E-state index contributed by atoms with van der Waals surface area (Å²) in [5.41, 5.74) is 0. The molecule has 0 saturated heterocycles. The highest BCUT2D eigenvalue weighted by Crippen LogP contribution is 2.14. The Morgan fingerprint density at radius 2 is 1.88 bits per heavy atom. The summed E-state index contributed by atoms with van der Waals surface area (Å²) in [6.45, 7) is 6.10. The van der Waals surface area contributed by atoms with Crippen molar-refractivity contribution in [2.45, 2.75) is 39.7 Å². The molecule has 0 fully saturated rings. The van der Waals surface area contributed by atoms with E-state index in [4.69, 9.17) is 0 Å². The Kier molecular flexibility index (Phi) is 6.97. The van der Waals surface area contributed by atoms with Gasteiger partial charge in [-0.15, -0.1) is 0 Å². The molecule has 0 saturated carbocycles. The molecule has 0 aliphatic heterocycles. The molecule has 4 nitrogen and oxygen atoms in total. The van der Waals surface area contributed by atoms with Crippen molar-refractivity contribution in [1.29, 1.82) is 0 Å². The van der Waals surface area contributed by atoms with Crippen LogP contribution in [0.2, 0.25) is 0 Å². The van der Waals surface area contributed by atoms with E-state index in [2.05, 4.69) is 19.2 Å². The SMILES string of the molecule is CNCC(=O)N(C)C(CC(C)=O)CC(C)C. The smallest absolute Gasteiger partial charge is 0.236 e. The highest BCUT2D eigenvalue weighted by atomic mass is 16.2. The third kappa shape index (κ3) is 5.85. The first-order chi connectivity index (χ1) is 7.38. The number of likely N-dealkylation sites (N-methyl/N-ethyl adjacent to an activating group) is 2. The van der Waals surface area contributed by atoms with Gasteiger partial charge < -0.3 is 10.2 Å². The van der Waals surface area contributed by atoms with Gasteiger partial charge in [0.1, 0.15) is 5.78 Å². The number of carbonyl (C=O) groups excluding carboxylic acids is 2. The van der Waals surface area contributed by atoms with Crippen LogP contribution < -0.4 is 5.32 Å². The molecule has 1 atom stereocenters. The molecule has 1 unspecified atom stereocenters. The molecule has 94 valence electrons. The Morgan fingerprint density at radius 1 is 1.31 bits per heavy atom.